The van der Waals surface area contributed by atoms with E-state index in [2.05, 4.69) is 15.9 Å². The van der Waals surface area contributed by atoms with E-state index in [9.17, 15) is 14.7 Å². The zero-order valence-electron chi connectivity index (χ0n) is 11.9. The van der Waals surface area contributed by atoms with Crippen LogP contribution in [0.2, 0.25) is 5.02 Å². The van der Waals surface area contributed by atoms with Crippen molar-refractivity contribution in [3.05, 3.63) is 33.3 Å². The van der Waals surface area contributed by atoms with E-state index < -0.39 is 11.4 Å². The molecule has 114 valence electrons. The number of likely N-dealkylation sites (tertiary alicyclic amines) is 1. The summed E-state index contributed by atoms with van der Waals surface area (Å²) in [5.41, 5.74) is -0.395. The molecule has 0 spiro atoms. The highest BCUT2D eigenvalue weighted by Gasteiger charge is 2.48. The number of halogens is 2. The third-order valence-electron chi connectivity index (χ3n) is 4.28. The molecule has 1 aromatic carbocycles. The number of hydrogen-bond donors (Lipinski definition) is 1. The molecular formula is C15H17BrClNO3. The Bertz CT molecular complexity index is 590. The van der Waals surface area contributed by atoms with Crippen LogP contribution in [-0.2, 0) is 4.79 Å². The van der Waals surface area contributed by atoms with Gasteiger partial charge in [-0.1, -0.05) is 25.4 Å². The van der Waals surface area contributed by atoms with E-state index in [1.165, 1.54) is 0 Å². The molecule has 21 heavy (non-hydrogen) atoms. The Kier molecular flexibility index (Phi) is 4.63. The molecule has 1 N–H and O–H groups in total. The zero-order valence-corrected chi connectivity index (χ0v) is 14.2. The number of benzene rings is 1. The molecule has 0 saturated carbocycles. The van der Waals surface area contributed by atoms with Crippen LogP contribution >= 0.6 is 27.5 Å². The first-order valence-corrected chi connectivity index (χ1v) is 7.93. The second kappa shape index (κ2) is 5.97. The van der Waals surface area contributed by atoms with Crippen LogP contribution in [0.1, 0.15) is 30.6 Å². The van der Waals surface area contributed by atoms with E-state index in [1.807, 2.05) is 13.8 Å². The highest BCUT2D eigenvalue weighted by atomic mass is 79.9. The van der Waals surface area contributed by atoms with Crippen LogP contribution < -0.4 is 0 Å². The van der Waals surface area contributed by atoms with Gasteiger partial charge in [0, 0.05) is 22.6 Å². The third-order valence-corrected chi connectivity index (χ3v) is 5.20. The van der Waals surface area contributed by atoms with Gasteiger partial charge in [-0.3, -0.25) is 9.59 Å². The number of carbonyl (C=O) groups is 2. The monoisotopic (exact) mass is 373 g/mol. The highest BCUT2D eigenvalue weighted by molar-refractivity contribution is 9.10. The molecular weight excluding hydrogens is 358 g/mol. The zero-order chi connectivity index (χ0) is 15.8. The van der Waals surface area contributed by atoms with Gasteiger partial charge in [-0.2, -0.15) is 0 Å². The molecule has 1 fully saturated rings. The van der Waals surface area contributed by atoms with Crippen LogP contribution in [0.4, 0.5) is 0 Å². The summed E-state index contributed by atoms with van der Waals surface area (Å²) in [6.07, 6.45) is 0.476. The lowest BCUT2D eigenvalue weighted by atomic mass is 9.76. The van der Waals surface area contributed by atoms with Crippen molar-refractivity contribution in [3.8, 4) is 0 Å². The minimum Gasteiger partial charge on any atom is -0.481 e. The van der Waals surface area contributed by atoms with Gasteiger partial charge in [0.2, 0.25) is 0 Å². The van der Waals surface area contributed by atoms with Gasteiger partial charge < -0.3 is 10.0 Å². The average Bonchev–Trinajstić information content (AvgIpc) is 2.87. The fourth-order valence-corrected chi connectivity index (χ4v) is 3.32. The number of aliphatic carboxylic acids is 1. The molecule has 0 bridgehead atoms. The predicted molar refractivity (Wildman–Crippen MR) is 84.6 cm³/mol. The largest absolute Gasteiger partial charge is 0.481 e. The van der Waals surface area contributed by atoms with Crippen molar-refractivity contribution in [1.82, 2.24) is 4.90 Å². The summed E-state index contributed by atoms with van der Waals surface area (Å²) in [5, 5.41) is 10.0. The normalized spacial score (nSPS) is 21.9. The fraction of sp³-hybridized carbons (Fsp3) is 0.467. The number of nitrogens with zero attached hydrogens (tertiary/aromatic N) is 1. The summed E-state index contributed by atoms with van der Waals surface area (Å²) >= 11 is 9.28. The minimum absolute atomic E-state index is 0.0318. The smallest absolute Gasteiger partial charge is 0.311 e. The highest BCUT2D eigenvalue weighted by Crippen LogP contribution is 2.39. The van der Waals surface area contributed by atoms with Crippen molar-refractivity contribution >= 4 is 39.4 Å². The molecule has 2 rings (SSSR count). The topological polar surface area (TPSA) is 57.6 Å². The third kappa shape index (κ3) is 2.94. The number of carboxylic acid groups (broad SMARTS) is 1. The molecule has 6 heteroatoms. The first-order valence-electron chi connectivity index (χ1n) is 6.75. The molecule has 1 aliphatic rings. The maximum Gasteiger partial charge on any atom is 0.311 e. The Morgan fingerprint density at radius 2 is 2.10 bits per heavy atom. The van der Waals surface area contributed by atoms with Gasteiger partial charge in [0.25, 0.3) is 5.91 Å². The lowest BCUT2D eigenvalue weighted by molar-refractivity contribution is -0.150. The predicted octanol–water partition coefficient (Wildman–Crippen LogP) is 3.68. The first kappa shape index (κ1) is 16.3. The summed E-state index contributed by atoms with van der Waals surface area (Å²) in [5.74, 6) is -1.05. The van der Waals surface area contributed by atoms with Crippen molar-refractivity contribution in [2.24, 2.45) is 11.3 Å². The molecule has 4 nitrogen and oxygen atoms in total. The maximum atomic E-state index is 12.6. The lowest BCUT2D eigenvalue weighted by Gasteiger charge is -2.28. The molecule has 1 unspecified atom stereocenters. The van der Waals surface area contributed by atoms with Gasteiger partial charge in [-0.05, 0) is 46.5 Å². The van der Waals surface area contributed by atoms with Gasteiger partial charge >= 0.3 is 5.97 Å². The van der Waals surface area contributed by atoms with Crippen LogP contribution in [-0.4, -0.2) is 35.0 Å². The Morgan fingerprint density at radius 3 is 2.62 bits per heavy atom. The molecule has 1 atom stereocenters. The Balaban J connectivity index is 2.27. The van der Waals surface area contributed by atoms with E-state index in [1.54, 1.807) is 23.1 Å². The van der Waals surface area contributed by atoms with E-state index in [0.717, 1.165) is 0 Å². The Labute approximate surface area is 137 Å². The van der Waals surface area contributed by atoms with Gasteiger partial charge in [-0.15, -0.1) is 0 Å². The van der Waals surface area contributed by atoms with Crippen LogP contribution in [0.25, 0.3) is 0 Å². The van der Waals surface area contributed by atoms with Gasteiger partial charge in [0.05, 0.1) is 11.0 Å². The van der Waals surface area contributed by atoms with Crippen LogP contribution in [0.5, 0.6) is 0 Å². The second-order valence-corrected chi connectivity index (χ2v) is 7.01. The van der Waals surface area contributed by atoms with Crippen LogP contribution in [0.15, 0.2) is 22.7 Å². The van der Waals surface area contributed by atoms with Gasteiger partial charge in [0.15, 0.2) is 0 Å². The number of carbonyl (C=O) groups excluding carboxylic acids is 1. The average molecular weight is 375 g/mol. The minimum atomic E-state index is -0.860. The van der Waals surface area contributed by atoms with Crippen LogP contribution in [0.3, 0.4) is 0 Å². The molecule has 1 amide bonds. The number of rotatable bonds is 3. The second-order valence-electron chi connectivity index (χ2n) is 5.72. The summed E-state index contributed by atoms with van der Waals surface area (Å²) in [4.78, 5) is 25.8. The Morgan fingerprint density at radius 1 is 1.43 bits per heavy atom. The fourth-order valence-electron chi connectivity index (χ4n) is 2.73. The molecule has 1 aromatic rings. The quantitative estimate of drug-likeness (QED) is 0.878. The lowest BCUT2D eigenvalue weighted by Crippen LogP contribution is -2.40. The van der Waals surface area contributed by atoms with Crippen molar-refractivity contribution < 1.29 is 14.7 Å². The van der Waals surface area contributed by atoms with E-state index >= 15 is 0 Å². The van der Waals surface area contributed by atoms with E-state index in [0.29, 0.717) is 28.0 Å². The summed E-state index contributed by atoms with van der Waals surface area (Å²) < 4.78 is 0.661. The molecule has 0 aliphatic carbocycles. The van der Waals surface area contributed by atoms with E-state index in [-0.39, 0.29) is 18.4 Å². The van der Waals surface area contributed by atoms with Gasteiger partial charge in [-0.25, -0.2) is 0 Å². The number of amides is 1. The molecule has 0 radical (unpaired) electrons. The molecule has 1 aliphatic heterocycles. The van der Waals surface area contributed by atoms with Crippen molar-refractivity contribution in [3.63, 3.8) is 0 Å². The van der Waals surface area contributed by atoms with Crippen molar-refractivity contribution in [2.45, 2.75) is 20.3 Å². The summed E-state index contributed by atoms with van der Waals surface area (Å²) in [7, 11) is 0. The number of carboxylic acids is 1. The number of hydrogen-bond acceptors (Lipinski definition) is 2. The molecule has 1 heterocycles. The summed E-state index contributed by atoms with van der Waals surface area (Å²) in [6.45, 7) is 4.45. The SMILES string of the molecule is CC(C)C1(C(=O)O)CCN(C(=O)c2cc(Cl)ccc2Br)C1. The standard InChI is InChI=1S/C15H17BrClNO3/c1-9(2)15(14(20)21)5-6-18(8-15)13(19)11-7-10(17)3-4-12(11)16/h3-4,7,9H,5-6,8H2,1-2H3,(H,20,21). The molecule has 1 saturated heterocycles. The first-order chi connectivity index (χ1) is 9.78. The molecule has 0 aromatic heterocycles. The Hall–Kier alpha value is -1.07. The van der Waals surface area contributed by atoms with E-state index in [4.69, 9.17) is 11.6 Å². The van der Waals surface area contributed by atoms with Crippen LogP contribution in [0, 0.1) is 11.3 Å². The summed E-state index contributed by atoms with van der Waals surface area (Å²) in [6, 6.07) is 5.02. The van der Waals surface area contributed by atoms with Gasteiger partial charge in [0.1, 0.15) is 0 Å². The van der Waals surface area contributed by atoms with Crippen molar-refractivity contribution in [2.75, 3.05) is 13.1 Å². The van der Waals surface area contributed by atoms with Crippen molar-refractivity contribution in [1.29, 1.82) is 0 Å². The maximum absolute atomic E-state index is 12.6.